The molecule has 0 bridgehead atoms. The first-order valence-corrected chi connectivity index (χ1v) is 5.00. The lowest BCUT2D eigenvalue weighted by Crippen LogP contribution is -2.39. The van der Waals surface area contributed by atoms with Crippen molar-refractivity contribution in [2.24, 2.45) is 0 Å². The molecule has 1 aromatic carbocycles. The zero-order chi connectivity index (χ0) is 12.3. The van der Waals surface area contributed by atoms with Crippen molar-refractivity contribution in [3.8, 4) is 0 Å². The second-order valence-corrected chi connectivity index (χ2v) is 4.35. The lowest BCUT2D eigenvalue weighted by molar-refractivity contribution is -0.500. The molecule has 0 spiro atoms. The number of halogens is 2. The number of alkyl halides is 2. The van der Waals surface area contributed by atoms with Crippen LogP contribution in [0.15, 0.2) is 24.3 Å². The molecule has 5 nitrogen and oxygen atoms in total. The number of anilines is 1. The molecule has 1 aromatic rings. The molecule has 16 heavy (non-hydrogen) atoms. The number of para-hydroxylation sites is 1. The second kappa shape index (κ2) is 4.67. The first-order valence-electron chi connectivity index (χ1n) is 4.25. The minimum Gasteiger partial charge on any atom is -0.317 e. The molecular formula is C9H8Cl2N2O3. The summed E-state index contributed by atoms with van der Waals surface area (Å²) in [5, 5.41) is 12.7. The molecule has 0 radical (unpaired) electrons. The minimum atomic E-state index is -2.68. The zero-order valence-corrected chi connectivity index (χ0v) is 9.75. The summed E-state index contributed by atoms with van der Waals surface area (Å²) in [5.74, 6) is -1.09. The Morgan fingerprint density at radius 3 is 2.50 bits per heavy atom. The molecule has 7 heteroatoms. The van der Waals surface area contributed by atoms with Crippen LogP contribution in [0.1, 0.15) is 5.56 Å². The molecule has 0 saturated carbocycles. The van der Waals surface area contributed by atoms with Gasteiger partial charge in [-0.25, -0.2) is 0 Å². The van der Waals surface area contributed by atoms with Crippen molar-refractivity contribution >= 4 is 34.8 Å². The van der Waals surface area contributed by atoms with Gasteiger partial charge in [-0.15, -0.1) is 0 Å². The van der Waals surface area contributed by atoms with Crippen LogP contribution in [0.25, 0.3) is 0 Å². The first-order chi connectivity index (χ1) is 7.35. The third kappa shape index (κ3) is 2.62. The van der Waals surface area contributed by atoms with E-state index in [1.165, 1.54) is 0 Å². The van der Waals surface area contributed by atoms with Gasteiger partial charge in [-0.1, -0.05) is 18.2 Å². The quantitative estimate of drug-likeness (QED) is 0.393. The number of rotatable bonds is 3. The van der Waals surface area contributed by atoms with Gasteiger partial charge < -0.3 is 5.32 Å². The van der Waals surface area contributed by atoms with Crippen molar-refractivity contribution in [1.29, 1.82) is 0 Å². The van der Waals surface area contributed by atoms with Crippen LogP contribution in [0.5, 0.6) is 0 Å². The molecule has 0 heterocycles. The van der Waals surface area contributed by atoms with E-state index in [1.54, 1.807) is 31.2 Å². The minimum absolute atomic E-state index is 0.431. The standard InChI is InChI=1S/C9H8Cl2N2O3/c1-6-4-2-3-5-7(6)12-8(14)9(10,11)13(15)16/h2-5H,1H3,(H,12,14). The van der Waals surface area contributed by atoms with Crippen LogP contribution in [0.2, 0.25) is 0 Å². The Hall–Kier alpha value is -1.33. The second-order valence-electron chi connectivity index (χ2n) is 3.07. The summed E-state index contributed by atoms with van der Waals surface area (Å²) in [6.45, 7) is 1.74. The highest BCUT2D eigenvalue weighted by Gasteiger charge is 2.47. The highest BCUT2D eigenvalue weighted by Crippen LogP contribution is 2.24. The predicted octanol–water partition coefficient (Wildman–Crippen LogP) is 2.34. The van der Waals surface area contributed by atoms with Crippen molar-refractivity contribution in [1.82, 2.24) is 0 Å². The maximum Gasteiger partial charge on any atom is 0.448 e. The third-order valence-corrected chi connectivity index (χ3v) is 2.52. The van der Waals surface area contributed by atoms with Gasteiger partial charge in [0.25, 0.3) is 0 Å². The average Bonchev–Trinajstić information content (AvgIpc) is 2.21. The van der Waals surface area contributed by atoms with Gasteiger partial charge in [0, 0.05) is 5.69 Å². The highest BCUT2D eigenvalue weighted by atomic mass is 35.5. The largest absolute Gasteiger partial charge is 0.448 e. The van der Waals surface area contributed by atoms with Crippen molar-refractivity contribution in [3.63, 3.8) is 0 Å². The molecule has 86 valence electrons. The van der Waals surface area contributed by atoms with E-state index in [9.17, 15) is 14.9 Å². The van der Waals surface area contributed by atoms with Crippen molar-refractivity contribution < 1.29 is 9.72 Å². The van der Waals surface area contributed by atoms with Crippen molar-refractivity contribution in [2.45, 2.75) is 11.4 Å². The number of aryl methyl sites for hydroxylation is 1. The SMILES string of the molecule is Cc1ccccc1NC(=O)C(Cl)(Cl)[N+](=O)[O-]. The van der Waals surface area contributed by atoms with E-state index in [0.717, 1.165) is 5.56 Å². The Bertz CT molecular complexity index is 435. The monoisotopic (exact) mass is 262 g/mol. The van der Waals surface area contributed by atoms with E-state index >= 15 is 0 Å². The number of nitrogens with zero attached hydrogens (tertiary/aromatic N) is 1. The smallest absolute Gasteiger partial charge is 0.317 e. The Kier molecular flexibility index (Phi) is 3.72. The van der Waals surface area contributed by atoms with E-state index < -0.39 is 15.3 Å². The lowest BCUT2D eigenvalue weighted by Gasteiger charge is -2.12. The fraction of sp³-hybridized carbons (Fsp3) is 0.222. The predicted molar refractivity (Wildman–Crippen MR) is 61.2 cm³/mol. The number of hydrogen-bond donors (Lipinski definition) is 1. The summed E-state index contributed by atoms with van der Waals surface area (Å²) in [6.07, 6.45) is 0. The molecule has 0 fully saturated rings. The summed E-state index contributed by atoms with van der Waals surface area (Å²) < 4.78 is -2.68. The zero-order valence-electron chi connectivity index (χ0n) is 8.24. The average molecular weight is 263 g/mol. The first kappa shape index (κ1) is 12.7. The third-order valence-electron chi connectivity index (χ3n) is 1.90. The molecule has 0 aliphatic carbocycles. The van der Waals surface area contributed by atoms with Gasteiger partial charge in [0.15, 0.2) is 0 Å². The van der Waals surface area contributed by atoms with Crippen LogP contribution in [0.3, 0.4) is 0 Å². The Balaban J connectivity index is 2.88. The van der Waals surface area contributed by atoms with Gasteiger partial charge in [-0.05, 0) is 41.8 Å². The number of carbonyl (C=O) groups is 1. The fourth-order valence-corrected chi connectivity index (χ4v) is 1.09. The molecule has 1 amide bonds. The molecular weight excluding hydrogens is 255 g/mol. The van der Waals surface area contributed by atoms with Gasteiger partial charge >= 0.3 is 10.4 Å². The normalized spacial score (nSPS) is 10.9. The molecule has 0 aliphatic rings. The van der Waals surface area contributed by atoms with Crippen LogP contribution in [0, 0.1) is 17.0 Å². The summed E-state index contributed by atoms with van der Waals surface area (Å²) >= 11 is 10.6. The van der Waals surface area contributed by atoms with Crippen LogP contribution < -0.4 is 5.32 Å². The van der Waals surface area contributed by atoms with Crippen LogP contribution in [0.4, 0.5) is 5.69 Å². The van der Waals surface area contributed by atoms with Crippen LogP contribution in [-0.4, -0.2) is 15.3 Å². The molecule has 0 aliphatic heterocycles. The summed E-state index contributed by atoms with van der Waals surface area (Å²) in [4.78, 5) is 20.8. The number of nitro groups is 1. The van der Waals surface area contributed by atoms with E-state index in [1.807, 2.05) is 0 Å². The van der Waals surface area contributed by atoms with E-state index in [2.05, 4.69) is 5.32 Å². The van der Waals surface area contributed by atoms with Gasteiger partial charge in [-0.2, -0.15) is 0 Å². The summed E-state index contributed by atoms with van der Waals surface area (Å²) in [7, 11) is 0. The van der Waals surface area contributed by atoms with E-state index in [-0.39, 0.29) is 0 Å². The Morgan fingerprint density at radius 2 is 2.00 bits per heavy atom. The highest BCUT2D eigenvalue weighted by molar-refractivity contribution is 6.57. The van der Waals surface area contributed by atoms with Crippen molar-refractivity contribution in [2.75, 3.05) is 5.32 Å². The molecule has 0 atom stereocenters. The fourth-order valence-electron chi connectivity index (χ4n) is 0.994. The number of carbonyl (C=O) groups excluding carboxylic acids is 1. The van der Waals surface area contributed by atoms with Gasteiger partial charge in [0.05, 0.1) is 4.92 Å². The number of nitrogens with one attached hydrogen (secondary N) is 1. The summed E-state index contributed by atoms with van der Waals surface area (Å²) in [6, 6.07) is 6.79. The molecule has 0 unspecified atom stereocenters. The topological polar surface area (TPSA) is 72.2 Å². The van der Waals surface area contributed by atoms with Gasteiger partial charge in [0.2, 0.25) is 0 Å². The summed E-state index contributed by atoms with van der Waals surface area (Å²) in [5.41, 5.74) is 1.18. The number of hydrogen-bond acceptors (Lipinski definition) is 3. The lowest BCUT2D eigenvalue weighted by atomic mass is 10.2. The van der Waals surface area contributed by atoms with Gasteiger partial charge in [-0.3, -0.25) is 14.9 Å². The maximum absolute atomic E-state index is 11.4. The maximum atomic E-state index is 11.4. The van der Waals surface area contributed by atoms with E-state index in [0.29, 0.717) is 5.69 Å². The van der Waals surface area contributed by atoms with Gasteiger partial charge in [0.1, 0.15) is 0 Å². The Morgan fingerprint density at radius 1 is 1.44 bits per heavy atom. The van der Waals surface area contributed by atoms with E-state index in [4.69, 9.17) is 23.2 Å². The van der Waals surface area contributed by atoms with Crippen molar-refractivity contribution in [3.05, 3.63) is 39.9 Å². The molecule has 1 N–H and O–H groups in total. The van der Waals surface area contributed by atoms with Crippen LogP contribution >= 0.6 is 23.2 Å². The molecule has 0 saturated heterocycles. The molecule has 0 aromatic heterocycles. The number of amides is 1. The van der Waals surface area contributed by atoms with Crippen LogP contribution in [-0.2, 0) is 4.79 Å². The Labute approximate surface area is 101 Å². The molecule has 1 rings (SSSR count). The number of benzene rings is 1.